The minimum absolute atomic E-state index is 0.124. The topological polar surface area (TPSA) is 69.1 Å². The molecule has 0 radical (unpaired) electrons. The average molecular weight is 422 g/mol. The van der Waals surface area contributed by atoms with Gasteiger partial charge in [-0.25, -0.2) is 9.98 Å². The molecule has 0 unspecified atom stereocenters. The highest BCUT2D eigenvalue weighted by molar-refractivity contribution is 7.15. The number of aliphatic imine (C=N–C) groups is 2. The van der Waals surface area contributed by atoms with Crippen LogP contribution in [0.2, 0.25) is 0 Å². The Labute approximate surface area is 181 Å². The van der Waals surface area contributed by atoms with Crippen LogP contribution >= 0.6 is 11.3 Å². The van der Waals surface area contributed by atoms with Gasteiger partial charge < -0.3 is 15.5 Å². The average Bonchev–Trinajstić information content (AvgIpc) is 3.21. The molecule has 2 aromatic rings. The van der Waals surface area contributed by atoms with Gasteiger partial charge in [0.15, 0.2) is 0 Å². The first-order valence-electron chi connectivity index (χ1n) is 10.4. The van der Waals surface area contributed by atoms with Crippen molar-refractivity contribution in [3.8, 4) is 0 Å². The zero-order valence-electron chi connectivity index (χ0n) is 17.0. The highest BCUT2D eigenvalue weighted by Gasteiger charge is 2.21. The number of fused-ring (bicyclic) bond motifs is 1. The maximum absolute atomic E-state index is 12.9. The van der Waals surface area contributed by atoms with Crippen molar-refractivity contribution in [3.63, 3.8) is 0 Å². The van der Waals surface area contributed by atoms with Gasteiger partial charge in [0.2, 0.25) is 5.96 Å². The number of piperazine rings is 1. The summed E-state index contributed by atoms with van der Waals surface area (Å²) in [6, 6.07) is 12.4. The molecule has 1 aromatic heterocycles. The van der Waals surface area contributed by atoms with Crippen molar-refractivity contribution in [2.45, 2.75) is 19.4 Å². The van der Waals surface area contributed by atoms with Gasteiger partial charge in [-0.1, -0.05) is 36.4 Å². The zero-order valence-corrected chi connectivity index (χ0v) is 17.8. The lowest BCUT2D eigenvalue weighted by Gasteiger charge is -2.26. The lowest BCUT2D eigenvalue weighted by atomic mass is 10.1. The summed E-state index contributed by atoms with van der Waals surface area (Å²) >= 11 is 1.56. The molecule has 0 atom stereocenters. The van der Waals surface area contributed by atoms with E-state index in [2.05, 4.69) is 57.0 Å². The van der Waals surface area contributed by atoms with Gasteiger partial charge in [-0.15, -0.1) is 11.3 Å². The molecule has 2 aliphatic heterocycles. The number of rotatable bonds is 4. The van der Waals surface area contributed by atoms with E-state index in [0.29, 0.717) is 12.5 Å². The van der Waals surface area contributed by atoms with Gasteiger partial charge in [-0.05, 0) is 29.7 Å². The molecule has 30 heavy (non-hydrogen) atoms. The maximum Gasteiger partial charge on any atom is 0.264 e. The Morgan fingerprint density at radius 2 is 2.03 bits per heavy atom. The number of nitrogens with one attached hydrogen (secondary N) is 2. The summed E-state index contributed by atoms with van der Waals surface area (Å²) in [4.78, 5) is 25.9. The first-order chi connectivity index (χ1) is 14.8. The molecular formula is C23H27N5OS. The predicted molar refractivity (Wildman–Crippen MR) is 125 cm³/mol. The first kappa shape index (κ1) is 20.5. The number of hydrogen-bond acceptors (Lipinski definition) is 6. The fourth-order valence-corrected chi connectivity index (χ4v) is 4.55. The summed E-state index contributed by atoms with van der Waals surface area (Å²) in [5.74, 6) is 0.770. The van der Waals surface area contributed by atoms with Crippen molar-refractivity contribution >= 4 is 35.5 Å². The highest BCUT2D eigenvalue weighted by atomic mass is 32.1. The molecular weight excluding hydrogens is 394 g/mol. The molecule has 4 rings (SSSR count). The number of thiophene rings is 1. The number of benzene rings is 1. The molecule has 7 heteroatoms. The number of carbonyl (C=O) groups is 1. The van der Waals surface area contributed by atoms with Gasteiger partial charge in [0, 0.05) is 50.2 Å². The SMILES string of the molecule is O=C(c1cc2c(s1)/C=C\CC=NC(NCCc1ccccc1)=NC2)N1CCNCC1. The number of guanidine groups is 1. The number of hydrogen-bond donors (Lipinski definition) is 2. The Balaban J connectivity index is 1.44. The Hall–Kier alpha value is -2.77. The summed E-state index contributed by atoms with van der Waals surface area (Å²) in [5, 5.41) is 6.64. The molecule has 2 N–H and O–H groups in total. The summed E-state index contributed by atoms with van der Waals surface area (Å²) in [7, 11) is 0. The Bertz CT molecular complexity index is 942. The Kier molecular flexibility index (Phi) is 7.05. The van der Waals surface area contributed by atoms with Crippen LogP contribution in [0.4, 0.5) is 0 Å². The maximum atomic E-state index is 12.9. The third-order valence-corrected chi connectivity index (χ3v) is 6.25. The van der Waals surface area contributed by atoms with Crippen LogP contribution < -0.4 is 10.6 Å². The van der Waals surface area contributed by atoms with Crippen LogP contribution in [0.15, 0.2) is 52.5 Å². The van der Waals surface area contributed by atoms with Crippen LogP contribution in [0.25, 0.3) is 6.08 Å². The van der Waals surface area contributed by atoms with Crippen LogP contribution in [0, 0.1) is 0 Å². The Morgan fingerprint density at radius 3 is 2.87 bits per heavy atom. The number of amides is 1. The second kappa shape index (κ2) is 10.3. The van der Waals surface area contributed by atoms with Crippen molar-refractivity contribution in [1.82, 2.24) is 15.5 Å². The molecule has 0 bridgehead atoms. The van der Waals surface area contributed by atoms with E-state index in [1.807, 2.05) is 23.2 Å². The van der Waals surface area contributed by atoms with E-state index in [-0.39, 0.29) is 5.91 Å². The van der Waals surface area contributed by atoms with Crippen LogP contribution in [-0.2, 0) is 13.0 Å². The minimum Gasteiger partial charge on any atom is -0.354 e. The molecule has 156 valence electrons. The predicted octanol–water partition coefficient (Wildman–Crippen LogP) is 2.97. The van der Waals surface area contributed by atoms with Crippen LogP contribution in [-0.4, -0.2) is 55.7 Å². The summed E-state index contributed by atoms with van der Waals surface area (Å²) in [6.45, 7) is 4.53. The van der Waals surface area contributed by atoms with E-state index < -0.39 is 0 Å². The second-order valence-corrected chi connectivity index (χ2v) is 8.38. The summed E-state index contributed by atoms with van der Waals surface area (Å²) in [5.41, 5.74) is 2.36. The van der Waals surface area contributed by atoms with Crippen molar-refractivity contribution in [2.24, 2.45) is 9.98 Å². The molecule has 1 amide bonds. The largest absolute Gasteiger partial charge is 0.354 e. The third-order valence-electron chi connectivity index (χ3n) is 5.12. The van der Waals surface area contributed by atoms with Gasteiger partial charge in [0.25, 0.3) is 5.91 Å². The smallest absolute Gasteiger partial charge is 0.264 e. The molecule has 0 saturated carbocycles. The van der Waals surface area contributed by atoms with Crippen LogP contribution in [0.1, 0.15) is 32.1 Å². The van der Waals surface area contributed by atoms with E-state index in [4.69, 9.17) is 0 Å². The molecule has 1 aromatic carbocycles. The molecule has 1 saturated heterocycles. The number of nitrogens with zero attached hydrogens (tertiary/aromatic N) is 3. The lowest BCUT2D eigenvalue weighted by molar-refractivity contribution is 0.0740. The number of allylic oxidation sites excluding steroid dienone is 1. The zero-order chi connectivity index (χ0) is 20.6. The van der Waals surface area contributed by atoms with Gasteiger partial charge in [-0.3, -0.25) is 4.79 Å². The van der Waals surface area contributed by atoms with Crippen molar-refractivity contribution in [1.29, 1.82) is 0 Å². The number of carbonyl (C=O) groups excluding carboxylic acids is 1. The van der Waals surface area contributed by atoms with E-state index in [1.165, 1.54) is 5.56 Å². The standard InChI is InChI=1S/C23H27N5OS/c29-22(28-14-12-24-13-15-28)21-16-19-17-27-23(25-10-5-4-8-20(19)30-21)26-11-9-18-6-2-1-3-7-18/h1-4,6-8,10,16,24H,5,9,11-15,17H2,(H,26,27)/b8-4-,25-10?. The molecule has 3 heterocycles. The van der Waals surface area contributed by atoms with Crippen LogP contribution in [0.5, 0.6) is 0 Å². The van der Waals surface area contributed by atoms with Crippen molar-refractivity contribution in [3.05, 3.63) is 63.4 Å². The monoisotopic (exact) mass is 421 g/mol. The van der Waals surface area contributed by atoms with Gasteiger partial charge in [0.1, 0.15) is 0 Å². The third kappa shape index (κ3) is 5.43. The summed E-state index contributed by atoms with van der Waals surface area (Å²) in [6.07, 6.45) is 7.70. The fraction of sp³-hybridized carbons (Fsp3) is 0.348. The van der Waals surface area contributed by atoms with Gasteiger partial charge >= 0.3 is 0 Å². The normalized spacial score (nSPS) is 17.7. The first-order valence-corrected chi connectivity index (χ1v) is 11.3. The highest BCUT2D eigenvalue weighted by Crippen LogP contribution is 2.26. The van der Waals surface area contributed by atoms with Crippen molar-refractivity contribution < 1.29 is 4.79 Å². The lowest BCUT2D eigenvalue weighted by Crippen LogP contribution is -2.46. The van der Waals surface area contributed by atoms with E-state index >= 15 is 0 Å². The van der Waals surface area contributed by atoms with Gasteiger partial charge in [-0.2, -0.15) is 0 Å². The molecule has 6 nitrogen and oxygen atoms in total. The van der Waals surface area contributed by atoms with E-state index in [1.54, 1.807) is 11.3 Å². The van der Waals surface area contributed by atoms with Gasteiger partial charge in [0.05, 0.1) is 11.4 Å². The van der Waals surface area contributed by atoms with E-state index in [0.717, 1.165) is 60.9 Å². The van der Waals surface area contributed by atoms with E-state index in [9.17, 15) is 4.79 Å². The fourth-order valence-electron chi connectivity index (χ4n) is 3.48. The van der Waals surface area contributed by atoms with Crippen LogP contribution in [0.3, 0.4) is 0 Å². The second-order valence-electron chi connectivity index (χ2n) is 7.29. The molecule has 2 aliphatic rings. The minimum atomic E-state index is 0.124. The summed E-state index contributed by atoms with van der Waals surface area (Å²) < 4.78 is 0. The molecule has 0 aliphatic carbocycles. The Morgan fingerprint density at radius 1 is 1.20 bits per heavy atom. The molecule has 1 fully saturated rings. The van der Waals surface area contributed by atoms with Crippen molar-refractivity contribution in [2.75, 3.05) is 32.7 Å². The quantitative estimate of drug-likeness (QED) is 0.798. The molecule has 0 spiro atoms.